The lowest BCUT2D eigenvalue weighted by molar-refractivity contribution is -0.114. The fourth-order valence-electron chi connectivity index (χ4n) is 2.48. The quantitative estimate of drug-likeness (QED) is 0.607. The number of carbonyl (C=O) groups is 2. The second kappa shape index (κ2) is 9.62. The van der Waals surface area contributed by atoms with Gasteiger partial charge in [-0.2, -0.15) is 0 Å². The van der Waals surface area contributed by atoms with Crippen molar-refractivity contribution < 1.29 is 27.5 Å². The van der Waals surface area contributed by atoms with Crippen LogP contribution in [0.5, 0.6) is 5.75 Å². The fraction of sp³-hybridized carbons (Fsp3) is 0.263. The molecule has 156 valence electrons. The molecule has 0 radical (unpaired) electrons. The summed E-state index contributed by atoms with van der Waals surface area (Å²) in [5.41, 5.74) is 1.03. The molecule has 0 fully saturated rings. The van der Waals surface area contributed by atoms with Crippen LogP contribution in [0.3, 0.4) is 0 Å². The van der Waals surface area contributed by atoms with Crippen LogP contribution in [0, 0.1) is 0 Å². The van der Waals surface area contributed by atoms with E-state index in [1.165, 1.54) is 31.4 Å². The van der Waals surface area contributed by atoms with Gasteiger partial charge in [-0.05, 0) is 43.3 Å². The lowest BCUT2D eigenvalue weighted by Crippen LogP contribution is -2.22. The molecule has 2 aromatic carbocycles. The highest BCUT2D eigenvalue weighted by Crippen LogP contribution is 2.36. The molecule has 29 heavy (non-hydrogen) atoms. The second-order valence-electron chi connectivity index (χ2n) is 5.93. The van der Waals surface area contributed by atoms with E-state index >= 15 is 0 Å². The number of hydrogen-bond donors (Lipinski definition) is 2. The molecular weight excluding hydrogens is 420 g/mol. The number of carbonyl (C=O) groups excluding carboxylic acids is 2. The Balaban J connectivity index is 2.08. The Morgan fingerprint density at radius 3 is 2.31 bits per heavy atom. The van der Waals surface area contributed by atoms with Crippen LogP contribution in [0.25, 0.3) is 0 Å². The molecule has 0 aliphatic rings. The molecule has 10 heteroatoms. The summed E-state index contributed by atoms with van der Waals surface area (Å²) in [5, 5.41) is 5.36. The molecule has 0 aliphatic carbocycles. The van der Waals surface area contributed by atoms with Crippen LogP contribution in [0.2, 0.25) is 5.02 Å². The van der Waals surface area contributed by atoms with Gasteiger partial charge in [-0.1, -0.05) is 11.6 Å². The molecule has 0 atom stereocenters. The Morgan fingerprint density at radius 2 is 1.76 bits per heavy atom. The number of methoxy groups -OCH3 is 1. The van der Waals surface area contributed by atoms with Gasteiger partial charge in [-0.3, -0.25) is 4.79 Å². The summed E-state index contributed by atoms with van der Waals surface area (Å²) in [6.45, 7) is 1.78. The Kier molecular flexibility index (Phi) is 7.46. The van der Waals surface area contributed by atoms with Crippen LogP contribution in [0.15, 0.2) is 41.3 Å². The standard InChI is InChI=1S/C19H21ClN2O6S/c1-4-28-19(24)12-5-7-13(8-6-12)22-16(23)11-21-14-9-10-15(27-2)17(20)18(14)29(3,25)26/h5-10,21H,4,11H2,1-3H3,(H,22,23). The fourth-order valence-corrected chi connectivity index (χ4v) is 4.11. The van der Waals surface area contributed by atoms with Gasteiger partial charge in [0, 0.05) is 11.9 Å². The summed E-state index contributed by atoms with van der Waals surface area (Å²) < 4.78 is 34.1. The third-order valence-electron chi connectivity index (χ3n) is 3.77. The zero-order valence-corrected chi connectivity index (χ0v) is 17.7. The van der Waals surface area contributed by atoms with Gasteiger partial charge in [0.05, 0.1) is 31.5 Å². The predicted octanol–water partition coefficient (Wildman–Crippen LogP) is 2.98. The molecule has 2 rings (SSSR count). The average Bonchev–Trinajstić information content (AvgIpc) is 2.66. The zero-order valence-electron chi connectivity index (χ0n) is 16.1. The molecular formula is C19H21ClN2O6S. The first-order chi connectivity index (χ1) is 13.7. The maximum atomic E-state index is 12.2. The van der Waals surface area contributed by atoms with Crippen LogP contribution in [-0.4, -0.2) is 46.8 Å². The van der Waals surface area contributed by atoms with Crippen molar-refractivity contribution in [1.82, 2.24) is 0 Å². The van der Waals surface area contributed by atoms with Crippen molar-refractivity contribution in [3.63, 3.8) is 0 Å². The highest BCUT2D eigenvalue weighted by molar-refractivity contribution is 7.91. The molecule has 0 unspecified atom stereocenters. The molecule has 2 aromatic rings. The number of rotatable bonds is 8. The van der Waals surface area contributed by atoms with Gasteiger partial charge in [-0.15, -0.1) is 0 Å². The SMILES string of the molecule is CCOC(=O)c1ccc(NC(=O)CNc2ccc(OC)c(Cl)c2S(C)(=O)=O)cc1. The minimum atomic E-state index is -3.67. The third kappa shape index (κ3) is 5.85. The second-order valence-corrected chi connectivity index (χ2v) is 8.26. The first-order valence-corrected chi connectivity index (χ1v) is 10.8. The van der Waals surface area contributed by atoms with Gasteiger partial charge in [0.1, 0.15) is 15.7 Å². The number of nitrogens with one attached hydrogen (secondary N) is 2. The predicted molar refractivity (Wildman–Crippen MR) is 111 cm³/mol. The third-order valence-corrected chi connectivity index (χ3v) is 5.42. The van der Waals surface area contributed by atoms with E-state index in [9.17, 15) is 18.0 Å². The van der Waals surface area contributed by atoms with Crippen LogP contribution >= 0.6 is 11.6 Å². The van der Waals surface area contributed by atoms with E-state index in [2.05, 4.69) is 10.6 Å². The molecule has 0 saturated heterocycles. The summed E-state index contributed by atoms with van der Waals surface area (Å²) in [4.78, 5) is 23.7. The van der Waals surface area contributed by atoms with Gasteiger partial charge in [0.15, 0.2) is 9.84 Å². The van der Waals surface area contributed by atoms with Crippen molar-refractivity contribution in [2.75, 3.05) is 37.2 Å². The minimum Gasteiger partial charge on any atom is -0.495 e. The largest absolute Gasteiger partial charge is 0.495 e. The molecule has 0 bridgehead atoms. The van der Waals surface area contributed by atoms with E-state index in [1.54, 1.807) is 19.1 Å². The highest BCUT2D eigenvalue weighted by Gasteiger charge is 2.21. The van der Waals surface area contributed by atoms with Crippen molar-refractivity contribution in [1.29, 1.82) is 0 Å². The van der Waals surface area contributed by atoms with E-state index in [-0.39, 0.29) is 34.5 Å². The number of anilines is 2. The number of hydrogen-bond acceptors (Lipinski definition) is 7. The van der Waals surface area contributed by atoms with Crippen LogP contribution in [0.1, 0.15) is 17.3 Å². The Hall–Kier alpha value is -2.78. The number of ether oxygens (including phenoxy) is 2. The van der Waals surface area contributed by atoms with E-state index in [0.717, 1.165) is 6.26 Å². The number of sulfone groups is 1. The van der Waals surface area contributed by atoms with Crippen molar-refractivity contribution in [3.8, 4) is 5.75 Å². The van der Waals surface area contributed by atoms with Gasteiger partial charge < -0.3 is 20.1 Å². The highest BCUT2D eigenvalue weighted by atomic mass is 35.5. The normalized spacial score (nSPS) is 10.9. The molecule has 0 spiro atoms. The lowest BCUT2D eigenvalue weighted by Gasteiger charge is -2.14. The monoisotopic (exact) mass is 440 g/mol. The van der Waals surface area contributed by atoms with Crippen LogP contribution in [-0.2, 0) is 19.4 Å². The lowest BCUT2D eigenvalue weighted by atomic mass is 10.2. The van der Waals surface area contributed by atoms with E-state index in [0.29, 0.717) is 11.3 Å². The Bertz CT molecular complexity index is 1010. The number of amides is 1. The van der Waals surface area contributed by atoms with Gasteiger partial charge in [0.25, 0.3) is 0 Å². The molecule has 0 aromatic heterocycles. The molecule has 8 nitrogen and oxygen atoms in total. The van der Waals surface area contributed by atoms with E-state index in [4.69, 9.17) is 21.1 Å². The maximum Gasteiger partial charge on any atom is 0.338 e. The number of halogens is 1. The molecule has 2 N–H and O–H groups in total. The van der Waals surface area contributed by atoms with Gasteiger partial charge in [-0.25, -0.2) is 13.2 Å². The maximum absolute atomic E-state index is 12.2. The van der Waals surface area contributed by atoms with Crippen molar-refractivity contribution in [2.45, 2.75) is 11.8 Å². The first kappa shape index (κ1) is 22.5. The van der Waals surface area contributed by atoms with Crippen molar-refractivity contribution in [3.05, 3.63) is 47.0 Å². The Morgan fingerprint density at radius 1 is 1.10 bits per heavy atom. The number of benzene rings is 2. The van der Waals surface area contributed by atoms with Crippen LogP contribution in [0.4, 0.5) is 11.4 Å². The smallest absolute Gasteiger partial charge is 0.338 e. The van der Waals surface area contributed by atoms with Crippen LogP contribution < -0.4 is 15.4 Å². The van der Waals surface area contributed by atoms with Gasteiger partial charge in [0.2, 0.25) is 5.91 Å². The summed E-state index contributed by atoms with van der Waals surface area (Å²) in [5.74, 6) is -0.652. The summed E-state index contributed by atoms with van der Waals surface area (Å²) in [7, 11) is -2.30. The van der Waals surface area contributed by atoms with Crippen molar-refractivity contribution >= 4 is 44.7 Å². The van der Waals surface area contributed by atoms with Crippen molar-refractivity contribution in [2.24, 2.45) is 0 Å². The number of esters is 1. The molecule has 0 aliphatic heterocycles. The Labute approximate surface area is 174 Å². The zero-order chi connectivity index (χ0) is 21.6. The minimum absolute atomic E-state index is 0.0602. The molecule has 1 amide bonds. The summed E-state index contributed by atoms with van der Waals surface area (Å²) in [6, 6.07) is 9.18. The average molecular weight is 441 g/mol. The van der Waals surface area contributed by atoms with Gasteiger partial charge >= 0.3 is 5.97 Å². The van der Waals surface area contributed by atoms with E-state index < -0.39 is 21.7 Å². The topological polar surface area (TPSA) is 111 Å². The van der Waals surface area contributed by atoms with E-state index in [1.807, 2.05) is 0 Å². The molecule has 0 saturated carbocycles. The first-order valence-electron chi connectivity index (χ1n) is 8.54. The summed E-state index contributed by atoms with van der Waals surface area (Å²) >= 11 is 6.12. The summed E-state index contributed by atoms with van der Waals surface area (Å²) in [6.07, 6.45) is 1.02. The molecule has 0 heterocycles.